The maximum absolute atomic E-state index is 12.9. The van der Waals surface area contributed by atoms with Gasteiger partial charge >= 0.3 is 0 Å². The molecule has 3 amide bonds. The molecule has 156 valence electrons. The van der Waals surface area contributed by atoms with Gasteiger partial charge in [0.1, 0.15) is 6.04 Å². The highest BCUT2D eigenvalue weighted by atomic mass is 16.5. The van der Waals surface area contributed by atoms with Gasteiger partial charge in [-0.05, 0) is 37.5 Å². The fraction of sp³-hybridized carbons (Fsp3) is 0.571. The number of fused-ring (bicyclic) bond motifs is 1. The van der Waals surface area contributed by atoms with E-state index in [1.807, 2.05) is 18.2 Å². The molecule has 3 N–H and O–H groups in total. The number of amides is 3. The van der Waals surface area contributed by atoms with Crippen molar-refractivity contribution in [3.05, 3.63) is 34.9 Å². The minimum Gasteiger partial charge on any atom is -0.368 e. The summed E-state index contributed by atoms with van der Waals surface area (Å²) in [5.74, 6) is -0.796. The molecule has 3 aliphatic rings. The van der Waals surface area contributed by atoms with Crippen LogP contribution in [-0.2, 0) is 27.4 Å². The molecule has 2 saturated heterocycles. The SMILES string of the molecule is CC1(C)CNC[C@@H](CNCc2ccc3c(c2)C(=O)N(C2CCC(=O)NC2=O)C3)O1. The van der Waals surface area contributed by atoms with E-state index in [2.05, 4.69) is 29.8 Å². The number of carbonyl (C=O) groups excluding carboxylic acids is 3. The number of nitrogens with one attached hydrogen (secondary N) is 3. The van der Waals surface area contributed by atoms with Crippen molar-refractivity contribution in [2.75, 3.05) is 19.6 Å². The highest BCUT2D eigenvalue weighted by Crippen LogP contribution is 2.28. The number of imide groups is 1. The van der Waals surface area contributed by atoms with Crippen LogP contribution in [-0.4, -0.2) is 60.0 Å². The lowest BCUT2D eigenvalue weighted by Crippen LogP contribution is -2.53. The van der Waals surface area contributed by atoms with E-state index in [1.165, 1.54) is 0 Å². The van der Waals surface area contributed by atoms with E-state index in [4.69, 9.17) is 4.74 Å². The first-order valence-corrected chi connectivity index (χ1v) is 10.2. The van der Waals surface area contributed by atoms with Gasteiger partial charge < -0.3 is 20.3 Å². The number of nitrogens with zero attached hydrogens (tertiary/aromatic N) is 1. The largest absolute Gasteiger partial charge is 0.368 e. The summed E-state index contributed by atoms with van der Waals surface area (Å²) in [7, 11) is 0. The van der Waals surface area contributed by atoms with E-state index in [-0.39, 0.29) is 35.8 Å². The molecule has 0 saturated carbocycles. The number of hydrogen-bond donors (Lipinski definition) is 3. The molecule has 2 atom stereocenters. The van der Waals surface area contributed by atoms with Crippen molar-refractivity contribution in [1.29, 1.82) is 0 Å². The van der Waals surface area contributed by atoms with Gasteiger partial charge in [-0.3, -0.25) is 19.7 Å². The first kappa shape index (κ1) is 20.0. The molecule has 2 fully saturated rings. The van der Waals surface area contributed by atoms with Crippen LogP contribution < -0.4 is 16.0 Å². The lowest BCUT2D eigenvalue weighted by molar-refractivity contribution is -0.136. The Labute approximate surface area is 170 Å². The summed E-state index contributed by atoms with van der Waals surface area (Å²) >= 11 is 0. The third-order valence-corrected chi connectivity index (χ3v) is 5.70. The molecular formula is C21H28N4O4. The summed E-state index contributed by atoms with van der Waals surface area (Å²) in [6.45, 7) is 7.59. The summed E-state index contributed by atoms with van der Waals surface area (Å²) in [4.78, 5) is 38.0. The Morgan fingerprint density at radius 2 is 2.10 bits per heavy atom. The summed E-state index contributed by atoms with van der Waals surface area (Å²) in [5, 5.41) is 9.13. The van der Waals surface area contributed by atoms with Crippen LogP contribution in [0.2, 0.25) is 0 Å². The van der Waals surface area contributed by atoms with Gasteiger partial charge in [0.05, 0.1) is 11.7 Å². The summed E-state index contributed by atoms with van der Waals surface area (Å²) in [6, 6.07) is 5.29. The second-order valence-electron chi connectivity index (χ2n) is 8.65. The zero-order valence-corrected chi connectivity index (χ0v) is 16.9. The topological polar surface area (TPSA) is 99.8 Å². The van der Waals surface area contributed by atoms with Crippen LogP contribution in [0.5, 0.6) is 0 Å². The third kappa shape index (κ3) is 4.34. The zero-order valence-electron chi connectivity index (χ0n) is 16.9. The molecule has 8 nitrogen and oxygen atoms in total. The van der Waals surface area contributed by atoms with Crippen molar-refractivity contribution >= 4 is 17.7 Å². The molecule has 8 heteroatoms. The van der Waals surface area contributed by atoms with Crippen molar-refractivity contribution in [2.45, 2.75) is 57.5 Å². The second-order valence-corrected chi connectivity index (χ2v) is 8.65. The number of morpholine rings is 1. The lowest BCUT2D eigenvalue weighted by Gasteiger charge is -2.36. The van der Waals surface area contributed by atoms with Crippen LogP contribution in [0.3, 0.4) is 0 Å². The van der Waals surface area contributed by atoms with Crippen LogP contribution in [0.4, 0.5) is 0 Å². The Morgan fingerprint density at radius 3 is 2.86 bits per heavy atom. The minimum absolute atomic E-state index is 0.109. The van der Waals surface area contributed by atoms with Gasteiger partial charge in [-0.25, -0.2) is 0 Å². The molecule has 1 unspecified atom stereocenters. The fourth-order valence-electron chi connectivity index (χ4n) is 4.27. The van der Waals surface area contributed by atoms with Crippen molar-refractivity contribution in [3.8, 4) is 0 Å². The first-order valence-electron chi connectivity index (χ1n) is 10.2. The van der Waals surface area contributed by atoms with E-state index in [9.17, 15) is 14.4 Å². The average molecular weight is 400 g/mol. The Morgan fingerprint density at radius 1 is 1.28 bits per heavy atom. The summed E-state index contributed by atoms with van der Waals surface area (Å²) < 4.78 is 6.05. The Hall–Kier alpha value is -2.29. The highest BCUT2D eigenvalue weighted by Gasteiger charge is 2.39. The summed E-state index contributed by atoms with van der Waals surface area (Å²) in [6.07, 6.45) is 0.753. The number of benzene rings is 1. The van der Waals surface area contributed by atoms with Crippen LogP contribution in [0.15, 0.2) is 18.2 Å². The van der Waals surface area contributed by atoms with E-state index >= 15 is 0 Å². The van der Waals surface area contributed by atoms with E-state index in [1.54, 1.807) is 4.90 Å². The van der Waals surface area contributed by atoms with Crippen LogP contribution >= 0.6 is 0 Å². The quantitative estimate of drug-likeness (QED) is 0.615. The van der Waals surface area contributed by atoms with Crippen LogP contribution in [0, 0.1) is 0 Å². The maximum Gasteiger partial charge on any atom is 0.255 e. The normalized spacial score (nSPS) is 26.4. The van der Waals surface area contributed by atoms with Crippen molar-refractivity contribution < 1.29 is 19.1 Å². The standard InChI is InChI=1S/C21H28N4O4/c1-21(2)12-23-10-15(29-21)9-22-8-13-3-4-14-11-25(20(28)16(14)7-13)17-5-6-18(26)24-19(17)27/h3-4,7,15,17,22-23H,5-6,8-12H2,1-2H3,(H,24,26,27)/t15-,17?/m1/s1. The Bertz CT molecular complexity index is 838. The number of ether oxygens (including phenoxy) is 1. The third-order valence-electron chi connectivity index (χ3n) is 5.70. The van der Waals surface area contributed by atoms with Gasteiger partial charge in [0.15, 0.2) is 0 Å². The van der Waals surface area contributed by atoms with Gasteiger partial charge in [-0.1, -0.05) is 12.1 Å². The number of rotatable bonds is 5. The molecule has 4 rings (SSSR count). The van der Waals surface area contributed by atoms with E-state index in [0.29, 0.717) is 25.1 Å². The molecule has 1 aromatic carbocycles. The first-order chi connectivity index (χ1) is 13.8. The van der Waals surface area contributed by atoms with Gasteiger partial charge in [0, 0.05) is 44.7 Å². The smallest absolute Gasteiger partial charge is 0.255 e. The second kappa shape index (κ2) is 7.85. The monoisotopic (exact) mass is 400 g/mol. The Balaban J connectivity index is 1.35. The van der Waals surface area contributed by atoms with Crippen LogP contribution in [0.25, 0.3) is 0 Å². The fourth-order valence-corrected chi connectivity index (χ4v) is 4.27. The number of carbonyl (C=O) groups is 3. The maximum atomic E-state index is 12.9. The molecule has 1 aromatic rings. The van der Waals surface area contributed by atoms with Gasteiger partial charge in [0.2, 0.25) is 11.8 Å². The van der Waals surface area contributed by atoms with Crippen molar-refractivity contribution in [2.24, 2.45) is 0 Å². The predicted molar refractivity (Wildman–Crippen MR) is 106 cm³/mol. The van der Waals surface area contributed by atoms with Gasteiger partial charge in [-0.15, -0.1) is 0 Å². The van der Waals surface area contributed by atoms with E-state index < -0.39 is 6.04 Å². The minimum atomic E-state index is -0.575. The highest BCUT2D eigenvalue weighted by molar-refractivity contribution is 6.05. The molecule has 0 radical (unpaired) electrons. The van der Waals surface area contributed by atoms with Gasteiger partial charge in [-0.2, -0.15) is 0 Å². The lowest BCUT2D eigenvalue weighted by atomic mass is 10.0. The number of piperidine rings is 1. The molecule has 29 heavy (non-hydrogen) atoms. The van der Waals surface area contributed by atoms with Gasteiger partial charge in [0.25, 0.3) is 5.91 Å². The molecule has 0 bridgehead atoms. The average Bonchev–Trinajstić information content (AvgIpc) is 2.97. The van der Waals surface area contributed by atoms with E-state index in [0.717, 1.165) is 30.8 Å². The zero-order chi connectivity index (χ0) is 20.6. The molecular weight excluding hydrogens is 372 g/mol. The molecule has 3 aliphatic heterocycles. The van der Waals surface area contributed by atoms with Crippen LogP contribution in [0.1, 0.15) is 48.2 Å². The molecule has 0 spiro atoms. The number of hydrogen-bond acceptors (Lipinski definition) is 6. The molecule has 0 aliphatic carbocycles. The molecule has 0 aromatic heterocycles. The van der Waals surface area contributed by atoms with Crippen molar-refractivity contribution in [3.63, 3.8) is 0 Å². The molecule has 3 heterocycles. The Kier molecular flexibility index (Phi) is 5.42. The summed E-state index contributed by atoms with van der Waals surface area (Å²) in [5.41, 5.74) is 2.42. The predicted octanol–water partition coefficient (Wildman–Crippen LogP) is 0.304. The van der Waals surface area contributed by atoms with Crippen molar-refractivity contribution in [1.82, 2.24) is 20.9 Å².